The SMILES string of the molecule is CC(=O)Nc1ccc([As](=O)(O)OO)cc1.COc1ccccc1S(=O)(=O)Cl. The fourth-order valence-corrected chi connectivity index (χ4v) is 4.12. The number of benzene rings is 2. The van der Waals surface area contributed by atoms with Crippen molar-refractivity contribution in [1.29, 1.82) is 0 Å². The molecule has 2 aromatic rings. The number of ether oxygens (including phenoxy) is 1. The molecular formula is C15H17AsClNO8S. The number of hydrogen-bond donors (Lipinski definition) is 3. The van der Waals surface area contributed by atoms with E-state index < -0.39 is 23.2 Å². The molecule has 0 radical (unpaired) electrons. The van der Waals surface area contributed by atoms with Crippen LogP contribution in [0.2, 0.25) is 0 Å². The molecule has 0 bridgehead atoms. The van der Waals surface area contributed by atoms with Gasteiger partial charge in [0.15, 0.2) is 0 Å². The zero-order valence-corrected chi connectivity index (χ0v) is 17.6. The molecule has 3 N–H and O–H groups in total. The molecule has 2 rings (SSSR count). The summed E-state index contributed by atoms with van der Waals surface area (Å²) in [5.74, 6) is 0.0196. The fourth-order valence-electron chi connectivity index (χ4n) is 1.80. The standard InChI is InChI=1S/C8H10AsNO5.C7H7ClO3S/c1-6(11)10-8-4-2-7(3-5-8)9(12,13)15-14;1-11-6-4-2-3-5-7(6)12(8,9)10/h2-5,14H,1H3,(H,10,11)(H,12,13);2-5H,1H3. The van der Waals surface area contributed by atoms with Crippen molar-refractivity contribution in [1.82, 2.24) is 0 Å². The summed E-state index contributed by atoms with van der Waals surface area (Å²) in [6, 6.07) is 11.7. The molecule has 148 valence electrons. The summed E-state index contributed by atoms with van der Waals surface area (Å²) >= 11 is -4.76. The topological polar surface area (TPSA) is 139 Å². The number of methoxy groups -OCH3 is 1. The van der Waals surface area contributed by atoms with Crippen LogP contribution in [0.3, 0.4) is 0 Å². The molecule has 12 heteroatoms. The van der Waals surface area contributed by atoms with E-state index >= 15 is 0 Å². The van der Waals surface area contributed by atoms with E-state index in [1.807, 2.05) is 0 Å². The maximum absolute atomic E-state index is 11.2. The molecule has 0 heterocycles. The van der Waals surface area contributed by atoms with Crippen LogP contribution in [0, 0.1) is 0 Å². The van der Waals surface area contributed by atoms with E-state index in [0.717, 1.165) is 0 Å². The molecule has 0 aliphatic heterocycles. The first kappa shape index (κ1) is 23.2. The normalized spacial score (nSPS) is 12.9. The van der Waals surface area contributed by atoms with E-state index in [1.54, 1.807) is 12.1 Å². The van der Waals surface area contributed by atoms with Crippen molar-refractivity contribution >= 4 is 49.9 Å². The Morgan fingerprint density at radius 1 is 1.15 bits per heavy atom. The van der Waals surface area contributed by atoms with Gasteiger partial charge in [0.25, 0.3) is 9.05 Å². The van der Waals surface area contributed by atoms with Gasteiger partial charge in [0, 0.05) is 10.7 Å². The van der Waals surface area contributed by atoms with Gasteiger partial charge in [-0.1, -0.05) is 12.1 Å². The van der Waals surface area contributed by atoms with Crippen LogP contribution in [0.15, 0.2) is 53.4 Å². The molecular weight excluding hydrogens is 465 g/mol. The largest absolute Gasteiger partial charge is 0.495 e. The number of rotatable bonds is 5. The van der Waals surface area contributed by atoms with Crippen LogP contribution in [-0.4, -0.2) is 45.0 Å². The van der Waals surface area contributed by atoms with Crippen LogP contribution < -0.4 is 14.4 Å². The van der Waals surface area contributed by atoms with Gasteiger partial charge < -0.3 is 4.74 Å². The molecule has 2 aromatic carbocycles. The van der Waals surface area contributed by atoms with Gasteiger partial charge in [0.1, 0.15) is 10.6 Å². The van der Waals surface area contributed by atoms with Crippen molar-refractivity contribution < 1.29 is 34.9 Å². The molecule has 0 aliphatic carbocycles. The molecule has 0 spiro atoms. The number of carbonyl (C=O) groups is 1. The van der Waals surface area contributed by atoms with Gasteiger partial charge in [0.05, 0.1) is 7.11 Å². The molecule has 1 unspecified atom stereocenters. The van der Waals surface area contributed by atoms with E-state index in [0.29, 0.717) is 5.69 Å². The molecule has 0 fully saturated rings. The Bertz CT molecular complexity index is 933. The summed E-state index contributed by atoms with van der Waals surface area (Å²) in [5, 5.41) is 10.7. The second-order valence-corrected chi connectivity index (χ2v) is 11.1. The van der Waals surface area contributed by atoms with Crippen LogP contribution >= 0.6 is 10.7 Å². The van der Waals surface area contributed by atoms with Crippen LogP contribution in [0.5, 0.6) is 5.75 Å². The maximum atomic E-state index is 11.2. The van der Waals surface area contributed by atoms with Gasteiger partial charge in [-0.05, 0) is 12.1 Å². The minimum atomic E-state index is -4.76. The van der Waals surface area contributed by atoms with Gasteiger partial charge in [0.2, 0.25) is 0 Å². The predicted octanol–water partition coefficient (Wildman–Crippen LogP) is 1.33. The van der Waals surface area contributed by atoms with Crippen molar-refractivity contribution in [3.05, 3.63) is 48.5 Å². The summed E-state index contributed by atoms with van der Waals surface area (Å²) in [5.41, 5.74) is 0.500. The fraction of sp³-hybridized carbons (Fsp3) is 0.133. The van der Waals surface area contributed by atoms with Crippen LogP contribution in [0.25, 0.3) is 0 Å². The first-order valence-corrected chi connectivity index (χ1v) is 12.7. The van der Waals surface area contributed by atoms with Gasteiger partial charge in [-0.15, -0.1) is 0 Å². The van der Waals surface area contributed by atoms with Crippen molar-refractivity contribution in [2.45, 2.75) is 11.8 Å². The van der Waals surface area contributed by atoms with Crippen molar-refractivity contribution in [3.8, 4) is 5.75 Å². The van der Waals surface area contributed by atoms with Crippen LogP contribution in [0.4, 0.5) is 5.69 Å². The Labute approximate surface area is 163 Å². The Morgan fingerprint density at radius 2 is 1.70 bits per heavy atom. The molecule has 1 atom stereocenters. The third-order valence-electron chi connectivity index (χ3n) is 2.96. The summed E-state index contributed by atoms with van der Waals surface area (Å²) in [6.07, 6.45) is 0. The van der Waals surface area contributed by atoms with E-state index in [2.05, 4.69) is 9.19 Å². The monoisotopic (exact) mass is 481 g/mol. The van der Waals surface area contributed by atoms with E-state index in [9.17, 15) is 17.0 Å². The summed E-state index contributed by atoms with van der Waals surface area (Å²) in [6.45, 7) is 1.35. The van der Waals surface area contributed by atoms with E-state index in [4.69, 9.17) is 24.8 Å². The molecule has 0 aromatic heterocycles. The zero-order valence-electron chi connectivity index (χ0n) is 14.2. The van der Waals surface area contributed by atoms with E-state index in [1.165, 1.54) is 50.4 Å². The van der Waals surface area contributed by atoms with Crippen molar-refractivity contribution in [3.63, 3.8) is 0 Å². The number of nitrogens with one attached hydrogen (secondary N) is 1. The third-order valence-corrected chi connectivity index (χ3v) is 6.78. The number of carbonyl (C=O) groups excluding carboxylic acids is 1. The quantitative estimate of drug-likeness (QED) is 0.251. The first-order valence-electron chi connectivity index (χ1n) is 7.13. The van der Waals surface area contributed by atoms with Gasteiger partial charge in [-0.25, -0.2) is 8.42 Å². The number of hydrogen-bond acceptors (Lipinski definition) is 7. The molecule has 1 amide bonds. The molecule has 9 nitrogen and oxygen atoms in total. The Hall–Kier alpha value is -1.81. The van der Waals surface area contributed by atoms with E-state index in [-0.39, 0.29) is 20.9 Å². The van der Waals surface area contributed by atoms with Crippen molar-refractivity contribution in [2.75, 3.05) is 12.4 Å². The molecule has 0 aliphatic rings. The summed E-state index contributed by atoms with van der Waals surface area (Å²) < 4.78 is 50.4. The average molecular weight is 482 g/mol. The number of amides is 1. The van der Waals surface area contributed by atoms with Gasteiger partial charge in [-0.3, -0.25) is 0 Å². The van der Waals surface area contributed by atoms with Crippen LogP contribution in [-0.2, 0) is 21.5 Å². The van der Waals surface area contributed by atoms with Crippen LogP contribution in [0.1, 0.15) is 6.92 Å². The molecule has 27 heavy (non-hydrogen) atoms. The second kappa shape index (κ2) is 9.93. The number of halogens is 1. The smallest absolute Gasteiger partial charge is 0.264 e. The minimum Gasteiger partial charge on any atom is -0.495 e. The van der Waals surface area contributed by atoms with Crippen molar-refractivity contribution in [2.24, 2.45) is 0 Å². The van der Waals surface area contributed by atoms with Gasteiger partial charge >= 0.3 is 88.4 Å². The Balaban J connectivity index is 0.000000277. The second-order valence-electron chi connectivity index (χ2n) is 4.92. The Morgan fingerprint density at radius 3 is 2.11 bits per heavy atom. The third kappa shape index (κ3) is 7.37. The first-order chi connectivity index (χ1) is 12.5. The minimum absolute atomic E-state index is 0.00438. The predicted molar refractivity (Wildman–Crippen MR) is 98.8 cm³/mol. The zero-order chi connectivity index (χ0) is 20.7. The number of para-hydroxylation sites is 1. The Kier molecular flexibility index (Phi) is 8.54. The maximum Gasteiger partial charge on any atom is 0.264 e. The molecule has 0 saturated carbocycles. The molecule has 0 saturated heterocycles. The number of anilines is 1. The summed E-state index contributed by atoms with van der Waals surface area (Å²) in [4.78, 5) is 10.7. The summed E-state index contributed by atoms with van der Waals surface area (Å²) in [7, 11) is 2.83. The van der Waals surface area contributed by atoms with Gasteiger partial charge in [-0.2, -0.15) is 0 Å². The average Bonchev–Trinajstić information content (AvgIpc) is 2.61.